The minimum absolute atomic E-state index is 0.0463. The van der Waals surface area contributed by atoms with Crippen LogP contribution in [0.3, 0.4) is 0 Å². The summed E-state index contributed by atoms with van der Waals surface area (Å²) < 4.78 is 21.1. The Bertz CT molecular complexity index is 226. The van der Waals surface area contributed by atoms with Crippen molar-refractivity contribution in [1.29, 1.82) is 0 Å². The summed E-state index contributed by atoms with van der Waals surface area (Å²) in [7, 11) is -3.48. The third-order valence-corrected chi connectivity index (χ3v) is 1.78. The third kappa shape index (κ3) is 3.45. The second-order valence-electron chi connectivity index (χ2n) is 1.76. The number of hydroxylamine groups is 1. The van der Waals surface area contributed by atoms with Crippen molar-refractivity contribution in [2.75, 3.05) is 12.8 Å². The Morgan fingerprint density at radius 3 is 2.50 bits per heavy atom. The van der Waals surface area contributed by atoms with Crippen molar-refractivity contribution in [3.63, 3.8) is 0 Å². The maximum atomic E-state index is 10.4. The van der Waals surface area contributed by atoms with E-state index >= 15 is 0 Å². The number of hydrogen-bond donors (Lipinski definition) is 1. The molecule has 0 aromatic rings. The van der Waals surface area contributed by atoms with Crippen LogP contribution in [-0.2, 0) is 10.0 Å². The molecule has 0 aliphatic rings. The van der Waals surface area contributed by atoms with Crippen LogP contribution in [0.25, 0.3) is 0 Å². The summed E-state index contributed by atoms with van der Waals surface area (Å²) >= 11 is 0. The molecule has 0 unspecified atom stereocenters. The zero-order valence-corrected chi connectivity index (χ0v) is 6.43. The van der Waals surface area contributed by atoms with E-state index in [1.165, 1.54) is 0 Å². The fourth-order valence-electron chi connectivity index (χ4n) is 0.326. The lowest BCUT2D eigenvalue weighted by atomic mass is 10.5. The smallest absolute Gasteiger partial charge is 0.232 e. The Morgan fingerprint density at radius 1 is 1.70 bits per heavy atom. The van der Waals surface area contributed by atoms with Crippen LogP contribution in [0.15, 0.2) is 0 Å². The Balaban J connectivity index is 3.90. The predicted molar refractivity (Wildman–Crippen MR) is 36.8 cm³/mol. The van der Waals surface area contributed by atoms with Gasteiger partial charge in [0.2, 0.25) is 10.0 Å². The van der Waals surface area contributed by atoms with E-state index in [2.05, 4.69) is 5.92 Å². The molecule has 0 radical (unpaired) electrons. The average Bonchev–Trinajstić information content (AvgIpc) is 1.80. The first-order chi connectivity index (χ1) is 4.48. The number of nitrogens with zero attached hydrogens (tertiary/aromatic N) is 1. The minimum Gasteiger partial charge on any atom is -0.299 e. The van der Waals surface area contributed by atoms with E-state index in [-0.39, 0.29) is 17.4 Å². The van der Waals surface area contributed by atoms with E-state index in [0.29, 0.717) is 0 Å². The maximum absolute atomic E-state index is 10.4. The Kier molecular flexibility index (Phi) is 3.36. The zero-order chi connectivity index (χ0) is 8.20. The lowest BCUT2D eigenvalue weighted by Crippen LogP contribution is -2.26. The maximum Gasteiger partial charge on any atom is 0.232 e. The summed E-state index contributed by atoms with van der Waals surface area (Å²) in [6.45, 7) is -0.0463. The van der Waals surface area contributed by atoms with E-state index in [0.717, 1.165) is 6.26 Å². The van der Waals surface area contributed by atoms with Gasteiger partial charge in [0, 0.05) is 6.42 Å². The summed E-state index contributed by atoms with van der Waals surface area (Å²) in [6, 6.07) is 0. The second kappa shape index (κ2) is 3.56. The number of hydrogen-bond acceptors (Lipinski definition) is 3. The van der Waals surface area contributed by atoms with Crippen molar-refractivity contribution in [1.82, 2.24) is 4.47 Å². The molecule has 10 heavy (non-hydrogen) atoms. The normalized spacial score (nSPS) is 11.4. The van der Waals surface area contributed by atoms with Gasteiger partial charge in [-0.2, -0.15) is 0 Å². The van der Waals surface area contributed by atoms with Crippen LogP contribution in [0.1, 0.15) is 6.42 Å². The molecule has 0 rings (SSSR count). The summed E-state index contributed by atoms with van der Waals surface area (Å²) in [5.41, 5.74) is 0. The molecule has 0 spiro atoms. The standard InChI is InChI=1S/C5H9NO3S/c1-3-4-5-6(7)10(2,8)9/h1,7H,4-5H2,2H3. The first kappa shape index (κ1) is 9.43. The summed E-state index contributed by atoms with van der Waals surface area (Å²) in [6.07, 6.45) is 5.96. The molecule has 0 aliphatic heterocycles. The number of sulfonamides is 1. The van der Waals surface area contributed by atoms with E-state index in [4.69, 9.17) is 11.6 Å². The number of terminal acetylenes is 1. The fraction of sp³-hybridized carbons (Fsp3) is 0.600. The lowest BCUT2D eigenvalue weighted by molar-refractivity contribution is 0.00638. The minimum atomic E-state index is -3.48. The Labute approximate surface area is 60.5 Å². The van der Waals surface area contributed by atoms with Crippen molar-refractivity contribution in [2.24, 2.45) is 0 Å². The van der Waals surface area contributed by atoms with Crippen LogP contribution in [0.5, 0.6) is 0 Å². The molecule has 0 bridgehead atoms. The fourth-order valence-corrected chi connectivity index (χ4v) is 0.749. The first-order valence-electron chi connectivity index (χ1n) is 2.58. The highest BCUT2D eigenvalue weighted by Gasteiger charge is 2.10. The molecule has 1 N–H and O–H groups in total. The van der Waals surface area contributed by atoms with Crippen molar-refractivity contribution in [2.45, 2.75) is 6.42 Å². The van der Waals surface area contributed by atoms with Gasteiger partial charge in [0.15, 0.2) is 0 Å². The summed E-state index contributed by atoms with van der Waals surface area (Å²) in [5.74, 6) is 2.20. The quantitative estimate of drug-likeness (QED) is 0.457. The van der Waals surface area contributed by atoms with Crippen molar-refractivity contribution in [3.05, 3.63) is 0 Å². The van der Waals surface area contributed by atoms with Crippen LogP contribution in [0, 0.1) is 12.3 Å². The van der Waals surface area contributed by atoms with Gasteiger partial charge >= 0.3 is 0 Å². The van der Waals surface area contributed by atoms with Gasteiger partial charge in [0.05, 0.1) is 12.8 Å². The van der Waals surface area contributed by atoms with Crippen LogP contribution in [0.2, 0.25) is 0 Å². The molecule has 0 heterocycles. The predicted octanol–water partition coefficient (Wildman–Crippen LogP) is -0.339. The van der Waals surface area contributed by atoms with Gasteiger partial charge in [-0.3, -0.25) is 5.21 Å². The highest BCUT2D eigenvalue weighted by atomic mass is 32.2. The Hall–Kier alpha value is -0.570. The van der Waals surface area contributed by atoms with E-state index in [1.807, 2.05) is 0 Å². The topological polar surface area (TPSA) is 57.6 Å². The number of rotatable bonds is 3. The van der Waals surface area contributed by atoms with Gasteiger partial charge in [0.1, 0.15) is 0 Å². The van der Waals surface area contributed by atoms with Gasteiger partial charge in [0.25, 0.3) is 0 Å². The molecule has 0 amide bonds. The molecule has 0 atom stereocenters. The molecular formula is C5H9NO3S. The molecule has 4 nitrogen and oxygen atoms in total. The highest BCUT2D eigenvalue weighted by Crippen LogP contribution is 1.92. The van der Waals surface area contributed by atoms with Crippen molar-refractivity contribution >= 4 is 10.0 Å². The first-order valence-corrected chi connectivity index (χ1v) is 4.43. The zero-order valence-electron chi connectivity index (χ0n) is 5.61. The Morgan fingerprint density at radius 2 is 2.20 bits per heavy atom. The van der Waals surface area contributed by atoms with Crippen LogP contribution in [-0.4, -0.2) is 30.9 Å². The van der Waals surface area contributed by atoms with Gasteiger partial charge in [-0.05, 0) is 0 Å². The molecule has 0 aliphatic carbocycles. The van der Waals surface area contributed by atoms with Gasteiger partial charge in [-0.1, -0.05) is 4.47 Å². The third-order valence-electron chi connectivity index (χ3n) is 0.830. The summed E-state index contributed by atoms with van der Waals surface area (Å²) in [4.78, 5) is 0. The largest absolute Gasteiger partial charge is 0.299 e. The van der Waals surface area contributed by atoms with E-state index < -0.39 is 10.0 Å². The monoisotopic (exact) mass is 163 g/mol. The molecular weight excluding hydrogens is 154 g/mol. The van der Waals surface area contributed by atoms with Gasteiger partial charge < -0.3 is 0 Å². The molecule has 5 heteroatoms. The van der Waals surface area contributed by atoms with E-state index in [1.54, 1.807) is 0 Å². The van der Waals surface area contributed by atoms with Crippen LogP contribution in [0.4, 0.5) is 0 Å². The van der Waals surface area contributed by atoms with Crippen LogP contribution < -0.4 is 0 Å². The molecule has 0 saturated heterocycles. The lowest BCUT2D eigenvalue weighted by Gasteiger charge is -2.08. The molecule has 58 valence electrons. The highest BCUT2D eigenvalue weighted by molar-refractivity contribution is 7.88. The van der Waals surface area contributed by atoms with E-state index in [9.17, 15) is 8.42 Å². The molecule has 0 aromatic heterocycles. The molecule has 0 fully saturated rings. The average molecular weight is 163 g/mol. The van der Waals surface area contributed by atoms with Gasteiger partial charge in [-0.25, -0.2) is 8.42 Å². The second-order valence-corrected chi connectivity index (χ2v) is 3.65. The van der Waals surface area contributed by atoms with Crippen molar-refractivity contribution < 1.29 is 13.6 Å². The molecule has 0 saturated carbocycles. The van der Waals surface area contributed by atoms with Gasteiger partial charge in [-0.15, -0.1) is 12.3 Å². The molecule has 0 aromatic carbocycles. The van der Waals surface area contributed by atoms with Crippen molar-refractivity contribution in [3.8, 4) is 12.3 Å². The summed E-state index contributed by atoms with van der Waals surface area (Å²) in [5, 5.41) is 8.67. The SMILES string of the molecule is C#CCCN(O)S(C)(=O)=O. The van der Waals surface area contributed by atoms with Crippen LogP contribution >= 0.6 is 0 Å².